The molecule has 82 valence electrons. The first-order valence-corrected chi connectivity index (χ1v) is 7.28. The fourth-order valence-electron chi connectivity index (χ4n) is 2.02. The molecular formula is C11H15BrN2S. The van der Waals surface area contributed by atoms with Gasteiger partial charge in [0, 0.05) is 22.0 Å². The Balaban J connectivity index is 1.99. The predicted octanol–water partition coefficient (Wildman–Crippen LogP) is 3.54. The van der Waals surface area contributed by atoms with Crippen LogP contribution >= 0.6 is 27.7 Å². The summed E-state index contributed by atoms with van der Waals surface area (Å²) < 4.78 is 1.03. The van der Waals surface area contributed by atoms with E-state index in [0.29, 0.717) is 6.04 Å². The van der Waals surface area contributed by atoms with E-state index in [1.165, 1.54) is 19.3 Å². The maximum absolute atomic E-state index is 4.34. The molecule has 0 amide bonds. The van der Waals surface area contributed by atoms with Crippen molar-refractivity contribution < 1.29 is 0 Å². The van der Waals surface area contributed by atoms with E-state index in [-0.39, 0.29) is 0 Å². The minimum atomic E-state index is 0.591. The van der Waals surface area contributed by atoms with Gasteiger partial charge in [-0.2, -0.15) is 11.8 Å². The van der Waals surface area contributed by atoms with Crippen molar-refractivity contribution in [1.82, 2.24) is 4.98 Å². The lowest BCUT2D eigenvalue weighted by molar-refractivity contribution is 0.763. The first-order valence-electron chi connectivity index (χ1n) is 5.20. The number of rotatable bonds is 3. The molecule has 1 N–H and O–H groups in total. The third kappa shape index (κ3) is 2.88. The van der Waals surface area contributed by atoms with E-state index in [4.69, 9.17) is 0 Å². The van der Waals surface area contributed by atoms with E-state index < -0.39 is 0 Å². The van der Waals surface area contributed by atoms with Crippen LogP contribution in [0.2, 0.25) is 0 Å². The van der Waals surface area contributed by atoms with Crippen molar-refractivity contribution in [3.8, 4) is 0 Å². The first-order chi connectivity index (χ1) is 7.29. The largest absolute Gasteiger partial charge is 0.366 e. The van der Waals surface area contributed by atoms with E-state index in [0.717, 1.165) is 15.5 Å². The summed E-state index contributed by atoms with van der Waals surface area (Å²) >= 11 is 5.35. The number of halogens is 1. The van der Waals surface area contributed by atoms with Gasteiger partial charge >= 0.3 is 0 Å². The molecule has 1 saturated carbocycles. The van der Waals surface area contributed by atoms with Crippen molar-refractivity contribution in [2.45, 2.75) is 30.6 Å². The lowest BCUT2D eigenvalue weighted by Gasteiger charge is -2.19. The fraction of sp³-hybridized carbons (Fsp3) is 0.545. The summed E-state index contributed by atoms with van der Waals surface area (Å²) in [5.74, 6) is 0.990. The molecule has 0 bridgehead atoms. The molecule has 0 saturated heterocycles. The third-order valence-corrected chi connectivity index (χ3v) is 4.45. The highest BCUT2D eigenvalue weighted by atomic mass is 79.9. The lowest BCUT2D eigenvalue weighted by atomic mass is 10.2. The highest BCUT2D eigenvalue weighted by Gasteiger charge is 2.26. The average Bonchev–Trinajstić information content (AvgIpc) is 2.69. The molecular weight excluding hydrogens is 272 g/mol. The van der Waals surface area contributed by atoms with E-state index >= 15 is 0 Å². The van der Waals surface area contributed by atoms with Gasteiger partial charge in [-0.3, -0.25) is 0 Å². The van der Waals surface area contributed by atoms with Crippen molar-refractivity contribution in [1.29, 1.82) is 0 Å². The predicted molar refractivity (Wildman–Crippen MR) is 70.5 cm³/mol. The van der Waals surface area contributed by atoms with Crippen molar-refractivity contribution in [2.24, 2.45) is 0 Å². The van der Waals surface area contributed by atoms with E-state index in [1.54, 1.807) is 0 Å². The molecule has 0 aliphatic heterocycles. The number of nitrogens with one attached hydrogen (secondary N) is 1. The smallest absolute Gasteiger partial charge is 0.126 e. The van der Waals surface area contributed by atoms with E-state index in [1.807, 2.05) is 30.1 Å². The monoisotopic (exact) mass is 286 g/mol. The molecule has 15 heavy (non-hydrogen) atoms. The number of thioether (sulfide) groups is 1. The van der Waals surface area contributed by atoms with Gasteiger partial charge in [0.05, 0.1) is 0 Å². The van der Waals surface area contributed by atoms with Crippen LogP contribution in [0.5, 0.6) is 0 Å². The Kier molecular flexibility index (Phi) is 3.92. The second-order valence-electron chi connectivity index (χ2n) is 3.82. The lowest BCUT2D eigenvalue weighted by Crippen LogP contribution is -2.26. The Bertz CT molecular complexity index is 315. The Hall–Kier alpha value is -0.220. The summed E-state index contributed by atoms with van der Waals surface area (Å²) in [6, 6.07) is 4.65. The Morgan fingerprint density at radius 3 is 3.00 bits per heavy atom. The minimum Gasteiger partial charge on any atom is -0.366 e. The summed E-state index contributed by atoms with van der Waals surface area (Å²) in [7, 11) is 0. The van der Waals surface area contributed by atoms with Crippen LogP contribution in [0.4, 0.5) is 5.82 Å². The zero-order valence-electron chi connectivity index (χ0n) is 8.74. The van der Waals surface area contributed by atoms with Crippen LogP contribution < -0.4 is 5.32 Å². The number of aromatic nitrogens is 1. The molecule has 2 rings (SSSR count). The molecule has 0 radical (unpaired) electrons. The topological polar surface area (TPSA) is 24.9 Å². The van der Waals surface area contributed by atoms with Gasteiger partial charge in [0.1, 0.15) is 5.82 Å². The molecule has 2 nitrogen and oxygen atoms in total. The van der Waals surface area contributed by atoms with Crippen LogP contribution in [0.1, 0.15) is 19.3 Å². The molecule has 1 fully saturated rings. The van der Waals surface area contributed by atoms with Crippen molar-refractivity contribution >= 4 is 33.5 Å². The molecule has 2 atom stereocenters. The maximum atomic E-state index is 4.34. The molecule has 1 aliphatic carbocycles. The minimum absolute atomic E-state index is 0.591. The highest BCUT2D eigenvalue weighted by Crippen LogP contribution is 2.30. The molecule has 1 heterocycles. The summed E-state index contributed by atoms with van der Waals surface area (Å²) in [6.07, 6.45) is 7.96. The molecule has 1 aromatic rings. The fourth-order valence-corrected chi connectivity index (χ4v) is 3.19. The van der Waals surface area contributed by atoms with Gasteiger partial charge in [-0.05, 0) is 47.2 Å². The van der Waals surface area contributed by atoms with E-state index in [9.17, 15) is 0 Å². The van der Waals surface area contributed by atoms with Crippen LogP contribution in [-0.2, 0) is 0 Å². The van der Waals surface area contributed by atoms with Crippen molar-refractivity contribution in [2.75, 3.05) is 11.6 Å². The number of pyridine rings is 1. The van der Waals surface area contributed by atoms with Crippen LogP contribution in [0, 0.1) is 0 Å². The van der Waals surface area contributed by atoms with Gasteiger partial charge in [-0.25, -0.2) is 4.98 Å². The maximum Gasteiger partial charge on any atom is 0.126 e. The van der Waals surface area contributed by atoms with Crippen molar-refractivity contribution in [3.63, 3.8) is 0 Å². The first kappa shape index (κ1) is 11.3. The van der Waals surface area contributed by atoms with Crippen LogP contribution in [-0.4, -0.2) is 22.5 Å². The van der Waals surface area contributed by atoms with Crippen LogP contribution in [0.3, 0.4) is 0 Å². The average molecular weight is 287 g/mol. The van der Waals surface area contributed by atoms with Gasteiger partial charge in [0.15, 0.2) is 0 Å². The quantitative estimate of drug-likeness (QED) is 0.920. The summed E-state index contributed by atoms with van der Waals surface area (Å²) in [5, 5.41) is 4.26. The summed E-state index contributed by atoms with van der Waals surface area (Å²) in [6.45, 7) is 0. The molecule has 1 aliphatic rings. The molecule has 0 spiro atoms. The van der Waals surface area contributed by atoms with Crippen LogP contribution in [0.25, 0.3) is 0 Å². The molecule has 1 aromatic heterocycles. The van der Waals surface area contributed by atoms with Gasteiger partial charge < -0.3 is 5.32 Å². The number of hydrogen-bond donors (Lipinski definition) is 1. The van der Waals surface area contributed by atoms with Gasteiger partial charge in [-0.1, -0.05) is 6.42 Å². The van der Waals surface area contributed by atoms with Gasteiger partial charge in [0.25, 0.3) is 0 Å². The van der Waals surface area contributed by atoms with Crippen LogP contribution in [0.15, 0.2) is 22.8 Å². The zero-order valence-corrected chi connectivity index (χ0v) is 11.1. The Morgan fingerprint density at radius 2 is 2.33 bits per heavy atom. The second-order valence-corrected chi connectivity index (χ2v) is 5.81. The van der Waals surface area contributed by atoms with Crippen molar-refractivity contribution in [3.05, 3.63) is 22.8 Å². The number of anilines is 1. The normalized spacial score (nSPS) is 25.5. The zero-order chi connectivity index (χ0) is 10.7. The SMILES string of the molecule is CSC1CCCC1Nc1ccc(Br)cn1. The van der Waals surface area contributed by atoms with Gasteiger partial charge in [-0.15, -0.1) is 0 Å². The summed E-state index contributed by atoms with van der Waals surface area (Å²) in [5.41, 5.74) is 0. The number of hydrogen-bond acceptors (Lipinski definition) is 3. The number of nitrogens with zero attached hydrogens (tertiary/aromatic N) is 1. The Morgan fingerprint density at radius 1 is 1.47 bits per heavy atom. The highest BCUT2D eigenvalue weighted by molar-refractivity contribution is 9.10. The Labute approximate surface area is 103 Å². The standard InChI is InChI=1S/C11H15BrN2S/c1-15-10-4-2-3-9(10)14-11-6-5-8(12)7-13-11/h5-7,9-10H,2-4H2,1H3,(H,13,14). The third-order valence-electron chi connectivity index (χ3n) is 2.82. The second kappa shape index (κ2) is 5.21. The van der Waals surface area contributed by atoms with Gasteiger partial charge in [0.2, 0.25) is 0 Å². The molecule has 2 unspecified atom stereocenters. The summed E-state index contributed by atoms with van der Waals surface area (Å²) in [4.78, 5) is 4.34. The molecule has 4 heteroatoms. The van der Waals surface area contributed by atoms with E-state index in [2.05, 4.69) is 32.5 Å². The molecule has 0 aromatic carbocycles.